The molecule has 1 aliphatic rings. The van der Waals surface area contributed by atoms with Crippen molar-refractivity contribution >= 4 is 17.8 Å². The van der Waals surface area contributed by atoms with Gasteiger partial charge in [0.05, 0.1) is 6.61 Å². The molecule has 2 rings (SSSR count). The quantitative estimate of drug-likeness (QED) is 0.735. The molecule has 1 unspecified atom stereocenters. The van der Waals surface area contributed by atoms with E-state index >= 15 is 0 Å². The first-order chi connectivity index (χ1) is 11.1. The average Bonchev–Trinajstić information content (AvgIpc) is 2.79. The summed E-state index contributed by atoms with van der Waals surface area (Å²) in [7, 11) is 1.47. The monoisotopic (exact) mass is 324 g/mol. The number of rotatable bonds is 6. The average molecular weight is 324 g/mol. The second-order valence-corrected chi connectivity index (χ2v) is 5.61. The molecule has 0 aromatic carbocycles. The Kier molecular flexibility index (Phi) is 6.48. The summed E-state index contributed by atoms with van der Waals surface area (Å²) in [6, 6.07) is -0.786. The molecule has 9 heteroatoms. The lowest BCUT2D eigenvalue weighted by Crippen LogP contribution is -2.39. The first-order valence-corrected chi connectivity index (χ1v) is 7.82. The first-order valence-electron chi connectivity index (χ1n) is 7.82. The zero-order chi connectivity index (χ0) is 16.7. The van der Waals surface area contributed by atoms with E-state index < -0.39 is 11.9 Å². The van der Waals surface area contributed by atoms with Crippen LogP contribution in [0.1, 0.15) is 25.7 Å². The van der Waals surface area contributed by atoms with Crippen molar-refractivity contribution in [2.24, 2.45) is 5.73 Å². The third-order valence-electron chi connectivity index (χ3n) is 3.71. The van der Waals surface area contributed by atoms with Crippen molar-refractivity contribution < 1.29 is 14.3 Å². The molecule has 1 fully saturated rings. The molecule has 0 spiro atoms. The minimum absolute atomic E-state index is 0.0192. The lowest BCUT2D eigenvalue weighted by atomic mass is 10.2. The van der Waals surface area contributed by atoms with Gasteiger partial charge in [-0.3, -0.25) is 14.9 Å². The molecule has 2 amide bonds. The van der Waals surface area contributed by atoms with Crippen LogP contribution in [0.4, 0.5) is 5.95 Å². The van der Waals surface area contributed by atoms with E-state index in [9.17, 15) is 9.59 Å². The number of nitrogens with one attached hydrogen (secondary N) is 1. The van der Waals surface area contributed by atoms with Gasteiger partial charge in [0, 0.05) is 20.2 Å². The predicted molar refractivity (Wildman–Crippen MR) is 83.6 cm³/mol. The highest BCUT2D eigenvalue weighted by Gasteiger charge is 2.18. The van der Waals surface area contributed by atoms with Crippen molar-refractivity contribution in [2.75, 3.05) is 32.1 Å². The summed E-state index contributed by atoms with van der Waals surface area (Å²) in [4.78, 5) is 29.8. The molecule has 0 radical (unpaired) electrons. The maximum atomic E-state index is 12.3. The molecule has 128 valence electrons. The fraction of sp³-hybridized carbons (Fsp3) is 0.714. The van der Waals surface area contributed by atoms with E-state index in [0.29, 0.717) is 0 Å². The molecule has 0 saturated carbocycles. The van der Waals surface area contributed by atoms with Crippen LogP contribution in [0.25, 0.3) is 0 Å². The van der Waals surface area contributed by atoms with Gasteiger partial charge in [0.15, 0.2) is 0 Å². The van der Waals surface area contributed by atoms with Crippen LogP contribution in [0.5, 0.6) is 0 Å². The minimum Gasteiger partial charge on any atom is -0.383 e. The number of carbonyl (C=O) groups excluding carboxylic acids is 2. The second-order valence-electron chi connectivity index (χ2n) is 5.61. The molecular formula is C14H24N6O3. The van der Waals surface area contributed by atoms with Gasteiger partial charge in [0.2, 0.25) is 17.8 Å². The van der Waals surface area contributed by atoms with Crippen molar-refractivity contribution in [1.82, 2.24) is 19.7 Å². The van der Waals surface area contributed by atoms with Crippen LogP contribution >= 0.6 is 0 Å². The summed E-state index contributed by atoms with van der Waals surface area (Å²) >= 11 is 0. The van der Waals surface area contributed by atoms with Crippen molar-refractivity contribution in [3.8, 4) is 0 Å². The highest BCUT2D eigenvalue weighted by Crippen LogP contribution is 2.10. The molecule has 1 aliphatic heterocycles. The number of nitrogens with two attached hydrogens (primary N) is 1. The zero-order valence-electron chi connectivity index (χ0n) is 13.4. The Hall–Kier alpha value is -2.00. The van der Waals surface area contributed by atoms with E-state index in [1.54, 1.807) is 0 Å². The number of ether oxygens (including phenoxy) is 1. The Morgan fingerprint density at radius 3 is 2.70 bits per heavy atom. The Balaban J connectivity index is 1.86. The van der Waals surface area contributed by atoms with E-state index in [1.165, 1.54) is 31.0 Å². The lowest BCUT2D eigenvalue weighted by Gasteiger charge is -2.19. The molecule has 0 aliphatic carbocycles. The fourth-order valence-corrected chi connectivity index (χ4v) is 2.44. The molecule has 23 heavy (non-hydrogen) atoms. The summed E-state index contributed by atoms with van der Waals surface area (Å²) in [5, 5.41) is 6.58. The van der Waals surface area contributed by atoms with Crippen LogP contribution in [0, 0.1) is 0 Å². The number of hydrogen-bond donors (Lipinski definition) is 2. The lowest BCUT2D eigenvalue weighted by molar-refractivity contribution is -0.132. The zero-order valence-corrected chi connectivity index (χ0v) is 13.4. The van der Waals surface area contributed by atoms with E-state index in [4.69, 9.17) is 10.5 Å². The van der Waals surface area contributed by atoms with Gasteiger partial charge in [0.1, 0.15) is 18.9 Å². The van der Waals surface area contributed by atoms with Crippen molar-refractivity contribution in [3.63, 3.8) is 0 Å². The molecule has 1 aromatic heterocycles. The van der Waals surface area contributed by atoms with E-state index in [-0.39, 0.29) is 25.0 Å². The third kappa shape index (κ3) is 5.29. The molecule has 9 nitrogen and oxygen atoms in total. The standard InChI is InChI=1S/C14H24N6O3/c1-23-9-11(15)13(22)17-14-16-10-20(18-14)8-12(21)19-6-4-2-3-5-7-19/h10-11H,2-9,15H2,1H3,(H,17,18,22). The largest absolute Gasteiger partial charge is 0.383 e. The second kappa shape index (κ2) is 8.59. The minimum atomic E-state index is -0.786. The Labute approximate surface area is 135 Å². The van der Waals surface area contributed by atoms with E-state index in [2.05, 4.69) is 15.4 Å². The van der Waals surface area contributed by atoms with Crippen LogP contribution in [0.15, 0.2) is 6.33 Å². The van der Waals surface area contributed by atoms with Crippen molar-refractivity contribution in [1.29, 1.82) is 0 Å². The Morgan fingerprint density at radius 2 is 2.04 bits per heavy atom. The highest BCUT2D eigenvalue weighted by molar-refractivity contribution is 5.93. The van der Waals surface area contributed by atoms with Gasteiger partial charge in [-0.2, -0.15) is 0 Å². The number of methoxy groups -OCH3 is 1. The topological polar surface area (TPSA) is 115 Å². The smallest absolute Gasteiger partial charge is 0.248 e. The molecule has 1 atom stereocenters. The fourth-order valence-electron chi connectivity index (χ4n) is 2.44. The summed E-state index contributed by atoms with van der Waals surface area (Å²) in [6.45, 7) is 1.82. The van der Waals surface area contributed by atoms with Gasteiger partial charge in [0.25, 0.3) is 0 Å². The summed E-state index contributed by atoms with van der Waals surface area (Å²) in [5.41, 5.74) is 5.62. The summed E-state index contributed by atoms with van der Waals surface area (Å²) in [6.07, 6.45) is 5.85. The number of nitrogens with zero attached hydrogens (tertiary/aromatic N) is 4. The molecule has 1 aromatic rings. The van der Waals surface area contributed by atoms with Crippen LogP contribution in [-0.2, 0) is 20.9 Å². The number of likely N-dealkylation sites (tertiary alicyclic amines) is 1. The first kappa shape index (κ1) is 17.4. The SMILES string of the molecule is COCC(N)C(=O)Nc1ncn(CC(=O)N2CCCCCC2)n1. The normalized spacial score (nSPS) is 16.7. The van der Waals surface area contributed by atoms with E-state index in [0.717, 1.165) is 25.9 Å². The summed E-state index contributed by atoms with van der Waals surface area (Å²) in [5.74, 6) is -0.278. The van der Waals surface area contributed by atoms with Gasteiger partial charge in [-0.05, 0) is 12.8 Å². The maximum absolute atomic E-state index is 12.3. The molecule has 2 heterocycles. The van der Waals surface area contributed by atoms with Crippen LogP contribution in [0.3, 0.4) is 0 Å². The Bertz CT molecular complexity index is 524. The molecular weight excluding hydrogens is 300 g/mol. The van der Waals surface area contributed by atoms with Gasteiger partial charge < -0.3 is 15.4 Å². The predicted octanol–water partition coefficient (Wildman–Crippen LogP) is -0.407. The van der Waals surface area contributed by atoms with Gasteiger partial charge >= 0.3 is 0 Å². The Morgan fingerprint density at radius 1 is 1.35 bits per heavy atom. The van der Waals surface area contributed by atoms with Crippen molar-refractivity contribution in [2.45, 2.75) is 38.3 Å². The maximum Gasteiger partial charge on any atom is 0.248 e. The molecule has 3 N–H and O–H groups in total. The van der Waals surface area contributed by atoms with Crippen molar-refractivity contribution in [3.05, 3.63) is 6.33 Å². The van der Waals surface area contributed by atoms with Crippen LogP contribution in [-0.4, -0.2) is 64.3 Å². The number of hydrogen-bond acceptors (Lipinski definition) is 6. The van der Waals surface area contributed by atoms with E-state index in [1.807, 2.05) is 4.90 Å². The number of aromatic nitrogens is 3. The molecule has 0 bridgehead atoms. The van der Waals surface area contributed by atoms with Gasteiger partial charge in [-0.1, -0.05) is 12.8 Å². The number of anilines is 1. The number of amides is 2. The van der Waals surface area contributed by atoms with Crippen LogP contribution in [0.2, 0.25) is 0 Å². The highest BCUT2D eigenvalue weighted by atomic mass is 16.5. The summed E-state index contributed by atoms with van der Waals surface area (Å²) < 4.78 is 6.24. The number of carbonyl (C=O) groups is 2. The third-order valence-corrected chi connectivity index (χ3v) is 3.71. The van der Waals surface area contributed by atoms with Gasteiger partial charge in [-0.25, -0.2) is 9.67 Å². The molecule has 1 saturated heterocycles. The van der Waals surface area contributed by atoms with Gasteiger partial charge in [-0.15, -0.1) is 5.10 Å². The van der Waals surface area contributed by atoms with Crippen LogP contribution < -0.4 is 11.1 Å².